The summed E-state index contributed by atoms with van der Waals surface area (Å²) in [6.07, 6.45) is 0. The summed E-state index contributed by atoms with van der Waals surface area (Å²) in [4.78, 5) is 0. The molecule has 0 aliphatic rings. The van der Waals surface area contributed by atoms with Gasteiger partial charge >= 0.3 is 0 Å². The smallest absolute Gasteiger partial charge is 0.0989 e. The summed E-state index contributed by atoms with van der Waals surface area (Å²) in [6.45, 7) is 3.55. The lowest BCUT2D eigenvalue weighted by Gasteiger charge is -2.18. The number of nitrogens with zero attached hydrogens (tertiary/aromatic N) is 1. The first kappa shape index (κ1) is 10.5. The molecule has 2 rings (SSSR count). The molecule has 0 radical (unpaired) electrons. The fourth-order valence-electron chi connectivity index (χ4n) is 1.95. The van der Waals surface area contributed by atoms with Crippen molar-refractivity contribution in [2.45, 2.75) is 19.4 Å². The Morgan fingerprint density at radius 2 is 2.00 bits per heavy atom. The minimum absolute atomic E-state index is 0.713. The molecular weight excluding hydrogens is 210 g/mol. The van der Waals surface area contributed by atoms with Gasteiger partial charge in [0, 0.05) is 18.1 Å². The molecule has 0 bridgehead atoms. The number of halogens is 1. The van der Waals surface area contributed by atoms with Crippen molar-refractivity contribution in [1.29, 1.82) is 0 Å². The highest BCUT2D eigenvalue weighted by Gasteiger charge is 2.21. The average molecular weight is 224 g/mol. The molecule has 0 saturated heterocycles. The van der Waals surface area contributed by atoms with Crippen LogP contribution in [0.1, 0.15) is 19.5 Å². The van der Waals surface area contributed by atoms with E-state index in [2.05, 4.69) is 0 Å². The van der Waals surface area contributed by atoms with Crippen molar-refractivity contribution >= 4 is 22.5 Å². The summed E-state index contributed by atoms with van der Waals surface area (Å²) >= 11 is 6.12. The molecule has 1 N–H and O–H groups in total. The van der Waals surface area contributed by atoms with E-state index in [1.165, 1.54) is 0 Å². The standard InChI is InChI=1S/C12H14ClNO/c1-12(2,15)10-7-8-5-4-6-9(13)11(8)14(10)3/h4-7,15H,1-3H3. The molecule has 3 heteroatoms. The van der Waals surface area contributed by atoms with E-state index in [0.29, 0.717) is 5.02 Å². The lowest BCUT2D eigenvalue weighted by Crippen LogP contribution is -2.19. The van der Waals surface area contributed by atoms with Gasteiger partial charge < -0.3 is 9.67 Å². The van der Waals surface area contributed by atoms with Gasteiger partial charge in [-0.3, -0.25) is 0 Å². The van der Waals surface area contributed by atoms with E-state index in [0.717, 1.165) is 16.6 Å². The number of benzene rings is 1. The van der Waals surface area contributed by atoms with E-state index >= 15 is 0 Å². The Bertz CT molecular complexity index is 508. The van der Waals surface area contributed by atoms with Crippen LogP contribution >= 0.6 is 11.6 Å². The van der Waals surface area contributed by atoms with Gasteiger partial charge in [-0.25, -0.2) is 0 Å². The maximum Gasteiger partial charge on any atom is 0.0989 e. The summed E-state index contributed by atoms with van der Waals surface area (Å²) < 4.78 is 1.94. The van der Waals surface area contributed by atoms with Crippen LogP contribution in [0, 0.1) is 0 Å². The first-order valence-electron chi connectivity index (χ1n) is 4.88. The van der Waals surface area contributed by atoms with Gasteiger partial charge in [0.1, 0.15) is 0 Å². The van der Waals surface area contributed by atoms with Crippen molar-refractivity contribution in [3.05, 3.63) is 35.0 Å². The fourth-order valence-corrected chi connectivity index (χ4v) is 2.26. The Morgan fingerprint density at radius 3 is 2.53 bits per heavy atom. The Labute approximate surface area is 94.1 Å². The van der Waals surface area contributed by atoms with E-state index in [1.807, 2.05) is 35.9 Å². The maximum atomic E-state index is 10.00. The van der Waals surface area contributed by atoms with Crippen LogP contribution < -0.4 is 0 Å². The molecule has 0 amide bonds. The molecule has 0 aliphatic carbocycles. The Hall–Kier alpha value is -0.990. The molecule has 0 unspecified atom stereocenters. The predicted octanol–water partition coefficient (Wildman–Crippen LogP) is 3.06. The zero-order chi connectivity index (χ0) is 11.2. The van der Waals surface area contributed by atoms with Gasteiger partial charge in [0.15, 0.2) is 0 Å². The Balaban J connectivity index is 2.82. The van der Waals surface area contributed by atoms with E-state index in [9.17, 15) is 5.11 Å². The molecule has 1 aromatic heterocycles. The summed E-state index contributed by atoms with van der Waals surface area (Å²) in [5, 5.41) is 11.8. The van der Waals surface area contributed by atoms with Gasteiger partial charge in [0.25, 0.3) is 0 Å². The Morgan fingerprint density at radius 1 is 1.33 bits per heavy atom. The fraction of sp³-hybridized carbons (Fsp3) is 0.333. The van der Waals surface area contributed by atoms with E-state index in [1.54, 1.807) is 13.8 Å². The number of aliphatic hydroxyl groups is 1. The highest BCUT2D eigenvalue weighted by molar-refractivity contribution is 6.35. The van der Waals surface area contributed by atoms with Crippen molar-refractivity contribution in [2.24, 2.45) is 7.05 Å². The van der Waals surface area contributed by atoms with Crippen molar-refractivity contribution in [2.75, 3.05) is 0 Å². The second-order valence-corrected chi connectivity index (χ2v) is 4.73. The van der Waals surface area contributed by atoms with Crippen LogP contribution in [0.5, 0.6) is 0 Å². The average Bonchev–Trinajstić information content (AvgIpc) is 2.44. The van der Waals surface area contributed by atoms with Gasteiger partial charge in [-0.05, 0) is 26.0 Å². The second-order valence-electron chi connectivity index (χ2n) is 4.33. The molecule has 0 saturated carbocycles. The molecule has 2 nitrogen and oxygen atoms in total. The normalized spacial score (nSPS) is 12.3. The quantitative estimate of drug-likeness (QED) is 0.790. The van der Waals surface area contributed by atoms with Crippen LogP contribution in [-0.2, 0) is 12.6 Å². The van der Waals surface area contributed by atoms with Crippen LogP contribution in [0.3, 0.4) is 0 Å². The number of rotatable bonds is 1. The van der Waals surface area contributed by atoms with E-state index < -0.39 is 5.60 Å². The van der Waals surface area contributed by atoms with Crippen LogP contribution in [-0.4, -0.2) is 9.67 Å². The molecule has 0 aliphatic heterocycles. The number of aromatic nitrogens is 1. The molecule has 0 atom stereocenters. The van der Waals surface area contributed by atoms with Gasteiger partial charge in [-0.15, -0.1) is 0 Å². The van der Waals surface area contributed by atoms with Crippen molar-refractivity contribution < 1.29 is 5.11 Å². The summed E-state index contributed by atoms with van der Waals surface area (Å²) in [7, 11) is 1.92. The van der Waals surface area contributed by atoms with Crippen LogP contribution in [0.2, 0.25) is 5.02 Å². The molecule has 0 spiro atoms. The molecule has 1 heterocycles. The molecule has 1 aromatic carbocycles. The molecule has 80 valence electrons. The minimum atomic E-state index is -0.850. The predicted molar refractivity (Wildman–Crippen MR) is 63.2 cm³/mol. The number of aryl methyl sites for hydroxylation is 1. The molecular formula is C12H14ClNO. The van der Waals surface area contributed by atoms with E-state index in [4.69, 9.17) is 11.6 Å². The highest BCUT2D eigenvalue weighted by atomic mass is 35.5. The largest absolute Gasteiger partial charge is 0.384 e. The minimum Gasteiger partial charge on any atom is -0.384 e. The SMILES string of the molecule is Cn1c(C(C)(C)O)cc2cccc(Cl)c21. The van der Waals surface area contributed by atoms with Gasteiger partial charge in [-0.1, -0.05) is 23.7 Å². The first-order valence-corrected chi connectivity index (χ1v) is 5.26. The number of hydrogen-bond acceptors (Lipinski definition) is 1. The summed E-state index contributed by atoms with van der Waals surface area (Å²) in [5.41, 5.74) is 0.985. The van der Waals surface area contributed by atoms with Crippen molar-refractivity contribution in [3.8, 4) is 0 Å². The van der Waals surface area contributed by atoms with Crippen LogP contribution in [0.4, 0.5) is 0 Å². The van der Waals surface area contributed by atoms with E-state index in [-0.39, 0.29) is 0 Å². The van der Waals surface area contributed by atoms with Crippen LogP contribution in [0.25, 0.3) is 10.9 Å². The van der Waals surface area contributed by atoms with Gasteiger partial charge in [0.2, 0.25) is 0 Å². The van der Waals surface area contributed by atoms with Gasteiger partial charge in [-0.2, -0.15) is 0 Å². The van der Waals surface area contributed by atoms with Crippen LogP contribution in [0.15, 0.2) is 24.3 Å². The van der Waals surface area contributed by atoms with Crippen molar-refractivity contribution in [1.82, 2.24) is 4.57 Å². The monoisotopic (exact) mass is 223 g/mol. The number of para-hydroxylation sites is 1. The third kappa shape index (κ3) is 1.64. The molecule has 15 heavy (non-hydrogen) atoms. The zero-order valence-corrected chi connectivity index (χ0v) is 9.84. The molecule has 0 fully saturated rings. The third-order valence-electron chi connectivity index (χ3n) is 2.63. The maximum absolute atomic E-state index is 10.00. The highest BCUT2D eigenvalue weighted by Crippen LogP contribution is 2.30. The second kappa shape index (κ2) is 3.26. The third-order valence-corrected chi connectivity index (χ3v) is 2.94. The lowest BCUT2D eigenvalue weighted by atomic mass is 10.1. The first-order chi connectivity index (χ1) is 6.91. The number of fused-ring (bicyclic) bond motifs is 1. The summed E-state index contributed by atoms with van der Waals surface area (Å²) in [5.74, 6) is 0. The Kier molecular flexibility index (Phi) is 2.28. The van der Waals surface area contributed by atoms with Crippen molar-refractivity contribution in [3.63, 3.8) is 0 Å². The lowest BCUT2D eigenvalue weighted by molar-refractivity contribution is 0.0712. The topological polar surface area (TPSA) is 25.2 Å². The molecule has 2 aromatic rings. The summed E-state index contributed by atoms with van der Waals surface area (Å²) in [6, 6.07) is 7.74. The zero-order valence-electron chi connectivity index (χ0n) is 9.08. The van der Waals surface area contributed by atoms with Gasteiger partial charge in [0.05, 0.1) is 16.1 Å². The number of hydrogen-bond donors (Lipinski definition) is 1.